The van der Waals surface area contributed by atoms with Gasteiger partial charge in [0.15, 0.2) is 0 Å². The second-order valence-corrected chi connectivity index (χ2v) is 7.45. The fourth-order valence-electron chi connectivity index (χ4n) is 4.41. The van der Waals surface area contributed by atoms with Gasteiger partial charge in [-0.15, -0.1) is 0 Å². The van der Waals surface area contributed by atoms with E-state index in [2.05, 4.69) is 4.99 Å². The molecular formula is C20H22F4N2O3. The molecule has 0 bridgehead atoms. The van der Waals surface area contributed by atoms with E-state index in [0.29, 0.717) is 6.07 Å². The first kappa shape index (κ1) is 22.8. The fourth-order valence-corrected chi connectivity index (χ4v) is 4.41. The van der Waals surface area contributed by atoms with Crippen LogP contribution in [0.1, 0.15) is 37.8 Å². The lowest BCUT2D eigenvalue weighted by Crippen LogP contribution is -2.57. The Morgan fingerprint density at radius 2 is 2.03 bits per heavy atom. The minimum Gasteiger partial charge on any atom is -0.481 e. The molecule has 0 saturated carbocycles. The molecule has 4 atom stereocenters. The molecule has 29 heavy (non-hydrogen) atoms. The third-order valence-corrected chi connectivity index (χ3v) is 5.65. The first-order chi connectivity index (χ1) is 13.4. The minimum atomic E-state index is -4.93. The van der Waals surface area contributed by atoms with Crippen LogP contribution in [0.4, 0.5) is 17.6 Å². The van der Waals surface area contributed by atoms with Crippen LogP contribution in [0.2, 0.25) is 0 Å². The van der Waals surface area contributed by atoms with Crippen molar-refractivity contribution in [2.45, 2.75) is 38.9 Å². The molecule has 0 aliphatic carbocycles. The molecule has 4 unspecified atom stereocenters. The number of methoxy groups -OCH3 is 1. The number of carboxylic acids is 1. The molecule has 1 heterocycles. The van der Waals surface area contributed by atoms with E-state index in [0.717, 1.165) is 12.1 Å². The van der Waals surface area contributed by atoms with Crippen molar-refractivity contribution in [3.63, 3.8) is 0 Å². The summed E-state index contributed by atoms with van der Waals surface area (Å²) < 4.78 is 60.1. The van der Waals surface area contributed by atoms with Gasteiger partial charge in [-0.1, -0.05) is 19.9 Å². The summed E-state index contributed by atoms with van der Waals surface area (Å²) in [6.07, 6.45) is -4.93. The van der Waals surface area contributed by atoms with Crippen LogP contribution in [0.15, 0.2) is 23.2 Å². The standard InChI is InChI=1S/C20H22F4N2O3/c1-10(2)19(18(27)28)16(9-29-4)26-11(3)14(8-25)17(19)13-6-5-12(21)7-15(13)20(22,23)24/h5-7,10,14,16-17H,9H2,1-4H3,(H,27,28). The zero-order valence-electron chi connectivity index (χ0n) is 16.4. The van der Waals surface area contributed by atoms with Crippen LogP contribution in [0.25, 0.3) is 0 Å². The van der Waals surface area contributed by atoms with E-state index in [1.54, 1.807) is 13.8 Å². The van der Waals surface area contributed by atoms with Crippen LogP contribution in [0.5, 0.6) is 0 Å². The Bertz CT molecular complexity index is 860. The number of nitriles is 1. The topological polar surface area (TPSA) is 82.7 Å². The normalized spacial score (nSPS) is 27.4. The number of aliphatic carboxylic acids is 1. The highest BCUT2D eigenvalue weighted by molar-refractivity contribution is 5.92. The summed E-state index contributed by atoms with van der Waals surface area (Å²) in [5, 5.41) is 20.0. The van der Waals surface area contributed by atoms with Gasteiger partial charge in [0.1, 0.15) is 11.2 Å². The lowest BCUT2D eigenvalue weighted by Gasteiger charge is -2.49. The predicted octanol–water partition coefficient (Wildman–Crippen LogP) is 4.28. The van der Waals surface area contributed by atoms with Gasteiger partial charge in [0.05, 0.1) is 30.2 Å². The van der Waals surface area contributed by atoms with Crippen molar-refractivity contribution in [1.29, 1.82) is 5.26 Å². The summed E-state index contributed by atoms with van der Waals surface area (Å²) in [6, 6.07) is 3.01. The van der Waals surface area contributed by atoms with E-state index in [1.165, 1.54) is 14.0 Å². The third kappa shape index (κ3) is 3.73. The van der Waals surface area contributed by atoms with Gasteiger partial charge >= 0.3 is 12.1 Å². The van der Waals surface area contributed by atoms with Crippen molar-refractivity contribution in [3.05, 3.63) is 35.1 Å². The quantitative estimate of drug-likeness (QED) is 0.729. The molecule has 0 spiro atoms. The smallest absolute Gasteiger partial charge is 0.416 e. The highest BCUT2D eigenvalue weighted by atomic mass is 19.4. The molecule has 1 aromatic carbocycles. The number of carboxylic acid groups (broad SMARTS) is 1. The maximum Gasteiger partial charge on any atom is 0.416 e. The Hall–Kier alpha value is -2.47. The Kier molecular flexibility index (Phi) is 6.38. The van der Waals surface area contributed by atoms with Gasteiger partial charge in [-0.3, -0.25) is 9.79 Å². The van der Waals surface area contributed by atoms with Crippen LogP contribution >= 0.6 is 0 Å². The second kappa shape index (κ2) is 8.11. The summed E-state index contributed by atoms with van der Waals surface area (Å²) in [4.78, 5) is 16.9. The first-order valence-electron chi connectivity index (χ1n) is 8.95. The summed E-state index contributed by atoms with van der Waals surface area (Å²) in [5.74, 6) is -5.82. The van der Waals surface area contributed by atoms with Gasteiger partial charge in [-0.25, -0.2) is 4.39 Å². The molecule has 2 rings (SSSR count). The van der Waals surface area contributed by atoms with Gasteiger partial charge in [0.2, 0.25) is 0 Å². The van der Waals surface area contributed by atoms with Crippen molar-refractivity contribution in [3.8, 4) is 6.07 Å². The molecule has 1 aromatic rings. The molecule has 1 aliphatic heterocycles. The van der Waals surface area contributed by atoms with Crippen molar-refractivity contribution in [1.82, 2.24) is 0 Å². The Balaban J connectivity index is 2.96. The SMILES string of the molecule is COCC1N=C(C)C(C#N)C(c2ccc(F)cc2C(F)(F)F)C1(C(=O)O)C(C)C. The van der Waals surface area contributed by atoms with E-state index in [9.17, 15) is 32.7 Å². The monoisotopic (exact) mass is 414 g/mol. The van der Waals surface area contributed by atoms with E-state index < -0.39 is 58.3 Å². The zero-order chi connectivity index (χ0) is 22.1. The highest BCUT2D eigenvalue weighted by Gasteiger charge is 2.61. The van der Waals surface area contributed by atoms with Crippen molar-refractivity contribution in [2.24, 2.45) is 22.2 Å². The van der Waals surface area contributed by atoms with E-state index >= 15 is 0 Å². The minimum absolute atomic E-state index is 0.154. The van der Waals surface area contributed by atoms with Crippen LogP contribution in [-0.2, 0) is 15.7 Å². The fraction of sp³-hybridized carbons (Fsp3) is 0.550. The number of nitrogens with zero attached hydrogens (tertiary/aromatic N) is 2. The van der Waals surface area contributed by atoms with Gasteiger partial charge in [0.25, 0.3) is 0 Å². The Labute approximate surface area is 166 Å². The molecule has 158 valence electrons. The Morgan fingerprint density at radius 1 is 1.41 bits per heavy atom. The largest absolute Gasteiger partial charge is 0.481 e. The second-order valence-electron chi connectivity index (χ2n) is 7.45. The van der Waals surface area contributed by atoms with Crippen LogP contribution in [0.3, 0.4) is 0 Å². The van der Waals surface area contributed by atoms with Gasteiger partial charge in [-0.2, -0.15) is 18.4 Å². The lowest BCUT2D eigenvalue weighted by atomic mass is 9.55. The average molecular weight is 414 g/mol. The number of benzene rings is 1. The van der Waals surface area contributed by atoms with Crippen molar-refractivity contribution >= 4 is 11.7 Å². The van der Waals surface area contributed by atoms with Crippen molar-refractivity contribution < 1.29 is 32.2 Å². The molecule has 0 saturated heterocycles. The number of carbonyl (C=O) groups is 1. The number of hydrogen-bond acceptors (Lipinski definition) is 4. The molecule has 0 fully saturated rings. The van der Waals surface area contributed by atoms with Gasteiger partial charge < -0.3 is 9.84 Å². The summed E-state index contributed by atoms with van der Waals surface area (Å²) in [6.45, 7) is 4.45. The molecule has 0 radical (unpaired) electrons. The Morgan fingerprint density at radius 3 is 2.48 bits per heavy atom. The number of ether oxygens (including phenoxy) is 1. The predicted molar refractivity (Wildman–Crippen MR) is 96.9 cm³/mol. The third-order valence-electron chi connectivity index (χ3n) is 5.65. The lowest BCUT2D eigenvalue weighted by molar-refractivity contribution is -0.159. The highest BCUT2D eigenvalue weighted by Crippen LogP contribution is 2.55. The first-order valence-corrected chi connectivity index (χ1v) is 8.95. The number of rotatable bonds is 5. The number of aliphatic imine (C=N–C) groups is 1. The zero-order valence-corrected chi connectivity index (χ0v) is 16.4. The number of hydrogen-bond donors (Lipinski definition) is 1. The van der Waals surface area contributed by atoms with E-state index in [4.69, 9.17) is 4.74 Å². The van der Waals surface area contributed by atoms with Crippen LogP contribution in [-0.4, -0.2) is 36.5 Å². The summed E-state index contributed by atoms with van der Waals surface area (Å²) >= 11 is 0. The molecule has 0 aromatic heterocycles. The molecule has 1 aliphatic rings. The van der Waals surface area contributed by atoms with E-state index in [1.807, 2.05) is 6.07 Å². The maximum absolute atomic E-state index is 13.8. The summed E-state index contributed by atoms with van der Waals surface area (Å²) in [5.41, 5.74) is -3.38. The number of halogens is 4. The average Bonchev–Trinajstić information content (AvgIpc) is 2.60. The number of alkyl halides is 3. The molecule has 9 heteroatoms. The molecule has 1 N–H and O–H groups in total. The molecule has 5 nitrogen and oxygen atoms in total. The van der Waals surface area contributed by atoms with Crippen molar-refractivity contribution in [2.75, 3.05) is 13.7 Å². The van der Waals surface area contributed by atoms with E-state index in [-0.39, 0.29) is 12.3 Å². The van der Waals surface area contributed by atoms with Crippen LogP contribution < -0.4 is 0 Å². The molecule has 0 amide bonds. The summed E-state index contributed by atoms with van der Waals surface area (Å²) in [7, 11) is 1.34. The maximum atomic E-state index is 13.8. The van der Waals surface area contributed by atoms with Crippen LogP contribution in [0, 0.1) is 34.4 Å². The van der Waals surface area contributed by atoms with Gasteiger partial charge in [0, 0.05) is 18.7 Å². The van der Waals surface area contributed by atoms with Gasteiger partial charge in [-0.05, 0) is 30.5 Å². The molecular weight excluding hydrogens is 392 g/mol.